The molecule has 0 bridgehead atoms. The molecule has 0 saturated carbocycles. The molecule has 1 aliphatic heterocycles. The van der Waals surface area contributed by atoms with Crippen LogP contribution >= 0.6 is 34.8 Å². The summed E-state index contributed by atoms with van der Waals surface area (Å²) in [5.74, 6) is -2.96. The zero-order valence-corrected chi connectivity index (χ0v) is 25.8. The molecular formula is C29H32Cl3NO10. The van der Waals surface area contributed by atoms with Gasteiger partial charge in [0.25, 0.3) is 3.79 Å². The van der Waals surface area contributed by atoms with Crippen molar-refractivity contribution in [3.05, 3.63) is 71.8 Å². The fourth-order valence-electron chi connectivity index (χ4n) is 4.20. The summed E-state index contributed by atoms with van der Waals surface area (Å²) in [6, 6.07) is 17.5. The number of rotatable bonds is 12. The molecule has 14 heteroatoms. The molecule has 43 heavy (non-hydrogen) atoms. The van der Waals surface area contributed by atoms with Crippen LogP contribution in [0.1, 0.15) is 38.0 Å². The van der Waals surface area contributed by atoms with E-state index in [0.717, 1.165) is 5.56 Å². The molecule has 3 rings (SSSR count). The Hall–Kier alpha value is -2.93. The van der Waals surface area contributed by atoms with Gasteiger partial charge in [-0.2, -0.15) is 0 Å². The molecule has 2 aromatic carbocycles. The first-order valence-electron chi connectivity index (χ1n) is 13.2. The quantitative estimate of drug-likeness (QED) is 0.111. The number of ether oxygens (including phenoxy) is 7. The Morgan fingerprint density at radius 1 is 0.884 bits per heavy atom. The second kappa shape index (κ2) is 16.2. The standard InChI is InChI=1S/C29H32Cl3NO10/c1-4-37-26(36)22(20-13-9-6-10-14-20)42-25-24(40-18(3)35)23(39-15-19-11-7-5-8-12-19)21(16-38-17(2)34)41-27(25)43-28(33)29(30,31)32/h5-14,21-25,27,33H,4,15-16H2,1-3H3/t21-,22+,23-,24+,25-,27?/m1/s1. The lowest BCUT2D eigenvalue weighted by Crippen LogP contribution is -2.63. The number of carbonyl (C=O) groups is 3. The highest BCUT2D eigenvalue weighted by Crippen LogP contribution is 2.36. The van der Waals surface area contributed by atoms with Crippen molar-refractivity contribution in [2.45, 2.75) is 68.0 Å². The monoisotopic (exact) mass is 659 g/mol. The summed E-state index contributed by atoms with van der Waals surface area (Å²) in [5, 5.41) is 8.18. The van der Waals surface area contributed by atoms with Crippen molar-refractivity contribution in [3.8, 4) is 0 Å². The summed E-state index contributed by atoms with van der Waals surface area (Å²) < 4.78 is 38.0. The van der Waals surface area contributed by atoms with Crippen LogP contribution < -0.4 is 0 Å². The van der Waals surface area contributed by atoms with Crippen LogP contribution in [0, 0.1) is 5.41 Å². The smallest absolute Gasteiger partial charge is 0.339 e. The van der Waals surface area contributed by atoms with Gasteiger partial charge in [0.1, 0.15) is 18.8 Å². The predicted molar refractivity (Wildman–Crippen MR) is 156 cm³/mol. The van der Waals surface area contributed by atoms with Crippen LogP contribution in [-0.2, 0) is 54.1 Å². The Labute approximate surface area is 264 Å². The van der Waals surface area contributed by atoms with Crippen molar-refractivity contribution in [1.82, 2.24) is 0 Å². The van der Waals surface area contributed by atoms with Gasteiger partial charge in [0.15, 0.2) is 18.3 Å². The van der Waals surface area contributed by atoms with Crippen LogP contribution in [0.4, 0.5) is 0 Å². The molecule has 0 radical (unpaired) electrons. The fraction of sp³-hybridized carbons (Fsp3) is 0.448. The van der Waals surface area contributed by atoms with Crippen molar-refractivity contribution in [2.24, 2.45) is 0 Å². The van der Waals surface area contributed by atoms with E-state index >= 15 is 0 Å². The highest BCUT2D eigenvalue weighted by Gasteiger charge is 2.53. The van der Waals surface area contributed by atoms with Crippen LogP contribution in [0.5, 0.6) is 0 Å². The molecule has 1 heterocycles. The lowest BCUT2D eigenvalue weighted by atomic mass is 9.97. The van der Waals surface area contributed by atoms with E-state index in [2.05, 4.69) is 0 Å². The number of carbonyl (C=O) groups excluding carboxylic acids is 3. The molecule has 11 nitrogen and oxygen atoms in total. The van der Waals surface area contributed by atoms with Crippen molar-refractivity contribution in [1.29, 1.82) is 5.41 Å². The molecule has 1 aliphatic rings. The van der Waals surface area contributed by atoms with Crippen LogP contribution in [0.2, 0.25) is 0 Å². The normalized spacial score (nSPS) is 22.6. The minimum Gasteiger partial charge on any atom is -0.464 e. The van der Waals surface area contributed by atoms with Gasteiger partial charge in [0.2, 0.25) is 12.2 Å². The lowest BCUT2D eigenvalue weighted by molar-refractivity contribution is -0.309. The Morgan fingerprint density at radius 2 is 1.51 bits per heavy atom. The van der Waals surface area contributed by atoms with E-state index in [1.165, 1.54) is 13.8 Å². The zero-order chi connectivity index (χ0) is 31.6. The van der Waals surface area contributed by atoms with E-state index < -0.39 is 64.4 Å². The molecule has 1 saturated heterocycles. The Bertz CT molecular complexity index is 1230. The predicted octanol–water partition coefficient (Wildman–Crippen LogP) is 4.85. The van der Waals surface area contributed by atoms with E-state index in [1.54, 1.807) is 37.3 Å². The molecule has 1 fully saturated rings. The summed E-state index contributed by atoms with van der Waals surface area (Å²) in [6.07, 6.45) is -8.03. The van der Waals surface area contributed by atoms with Gasteiger partial charge in [-0.25, -0.2) is 4.79 Å². The number of esters is 3. The highest BCUT2D eigenvalue weighted by atomic mass is 35.6. The molecule has 2 aromatic rings. The van der Waals surface area contributed by atoms with Gasteiger partial charge in [-0.15, -0.1) is 0 Å². The maximum Gasteiger partial charge on any atom is 0.339 e. The molecule has 6 atom stereocenters. The van der Waals surface area contributed by atoms with E-state index in [-0.39, 0.29) is 19.8 Å². The summed E-state index contributed by atoms with van der Waals surface area (Å²) in [7, 11) is 0. The second-order valence-corrected chi connectivity index (χ2v) is 11.6. The second-order valence-electron chi connectivity index (χ2n) is 9.27. The van der Waals surface area contributed by atoms with Gasteiger partial charge in [-0.1, -0.05) is 95.5 Å². The fourth-order valence-corrected chi connectivity index (χ4v) is 4.33. The Balaban J connectivity index is 2.09. The SMILES string of the molecule is CCOC(=O)[C@@H](O[C@H]1C(OC(=N)C(Cl)(Cl)Cl)O[C@H](COC(C)=O)[C@@H](OCc2ccccc2)[C@@H]1OC(C)=O)c1ccccc1. The average Bonchev–Trinajstić information content (AvgIpc) is 2.95. The van der Waals surface area contributed by atoms with Gasteiger partial charge in [0.05, 0.1) is 13.2 Å². The number of benzene rings is 2. The summed E-state index contributed by atoms with van der Waals surface area (Å²) in [6.45, 7) is 3.72. The van der Waals surface area contributed by atoms with Crippen molar-refractivity contribution < 1.29 is 47.5 Å². The Morgan fingerprint density at radius 3 is 2.07 bits per heavy atom. The average molecular weight is 661 g/mol. The molecule has 0 spiro atoms. The van der Waals surface area contributed by atoms with Crippen molar-refractivity contribution in [3.63, 3.8) is 0 Å². The van der Waals surface area contributed by atoms with E-state index in [9.17, 15) is 14.4 Å². The van der Waals surface area contributed by atoms with Crippen LogP contribution in [0.15, 0.2) is 60.7 Å². The number of hydrogen-bond donors (Lipinski definition) is 1. The number of halogens is 3. The van der Waals surface area contributed by atoms with Crippen molar-refractivity contribution >= 4 is 58.6 Å². The molecular weight excluding hydrogens is 629 g/mol. The summed E-state index contributed by atoms with van der Waals surface area (Å²) in [4.78, 5) is 37.3. The third kappa shape index (κ3) is 10.3. The maximum absolute atomic E-state index is 13.1. The first-order valence-corrected chi connectivity index (χ1v) is 14.3. The molecule has 1 N–H and O–H groups in total. The van der Waals surface area contributed by atoms with Crippen LogP contribution in [0.25, 0.3) is 0 Å². The third-order valence-corrected chi connectivity index (χ3v) is 6.53. The first-order chi connectivity index (χ1) is 20.4. The highest BCUT2D eigenvalue weighted by molar-refractivity contribution is 6.76. The molecule has 0 aromatic heterocycles. The maximum atomic E-state index is 13.1. The Kier molecular flexibility index (Phi) is 13.0. The van der Waals surface area contributed by atoms with Crippen molar-refractivity contribution in [2.75, 3.05) is 13.2 Å². The van der Waals surface area contributed by atoms with E-state index in [4.69, 9.17) is 73.4 Å². The van der Waals surface area contributed by atoms with E-state index in [0.29, 0.717) is 5.56 Å². The number of hydrogen-bond acceptors (Lipinski definition) is 11. The minimum atomic E-state index is -2.31. The van der Waals surface area contributed by atoms with Gasteiger partial charge in [-0.05, 0) is 18.1 Å². The largest absolute Gasteiger partial charge is 0.464 e. The van der Waals surface area contributed by atoms with Crippen LogP contribution in [-0.4, -0.2) is 71.5 Å². The summed E-state index contributed by atoms with van der Waals surface area (Å²) in [5.41, 5.74) is 1.18. The van der Waals surface area contributed by atoms with Crippen LogP contribution in [0.3, 0.4) is 0 Å². The molecule has 234 valence electrons. The zero-order valence-electron chi connectivity index (χ0n) is 23.6. The molecule has 0 aliphatic carbocycles. The van der Waals surface area contributed by atoms with Gasteiger partial charge in [0, 0.05) is 13.8 Å². The van der Waals surface area contributed by atoms with Gasteiger partial charge >= 0.3 is 17.9 Å². The first kappa shape index (κ1) is 34.6. The minimum absolute atomic E-state index is 0.0331. The molecule has 0 amide bonds. The number of alkyl halides is 3. The third-order valence-electron chi connectivity index (χ3n) is 6.02. The number of nitrogens with one attached hydrogen (secondary N) is 1. The topological polar surface area (TPSA) is 140 Å². The molecule has 1 unspecified atom stereocenters. The lowest BCUT2D eigenvalue weighted by Gasteiger charge is -2.45. The van der Waals surface area contributed by atoms with Gasteiger partial charge in [-0.3, -0.25) is 15.0 Å². The van der Waals surface area contributed by atoms with E-state index in [1.807, 2.05) is 30.3 Å². The van der Waals surface area contributed by atoms with Gasteiger partial charge < -0.3 is 33.2 Å². The summed E-state index contributed by atoms with van der Waals surface area (Å²) >= 11 is 17.6.